The number of benzene rings is 1. The van der Waals surface area contributed by atoms with Gasteiger partial charge in [-0.15, -0.1) is 0 Å². The number of amides is 1. The Bertz CT molecular complexity index is 390. The zero-order valence-electron chi connectivity index (χ0n) is 11.4. The predicted octanol–water partition coefficient (Wildman–Crippen LogP) is 0.657. The van der Waals surface area contributed by atoms with Gasteiger partial charge in [0.1, 0.15) is 5.75 Å². The number of aliphatic hydroxyl groups is 1. The van der Waals surface area contributed by atoms with Crippen molar-refractivity contribution < 1.29 is 14.6 Å². The first-order chi connectivity index (χ1) is 8.99. The van der Waals surface area contributed by atoms with Gasteiger partial charge in [-0.3, -0.25) is 4.79 Å². The van der Waals surface area contributed by atoms with Crippen molar-refractivity contribution in [3.8, 4) is 5.75 Å². The SMILES string of the molecule is CC(C)C(O)CNCc1ccc(OCC(N)=O)cc1. The summed E-state index contributed by atoms with van der Waals surface area (Å²) in [5.74, 6) is 0.371. The van der Waals surface area contributed by atoms with Crippen molar-refractivity contribution in [1.82, 2.24) is 5.32 Å². The summed E-state index contributed by atoms with van der Waals surface area (Å²) >= 11 is 0. The van der Waals surface area contributed by atoms with E-state index in [9.17, 15) is 9.90 Å². The maximum Gasteiger partial charge on any atom is 0.255 e. The van der Waals surface area contributed by atoms with Gasteiger partial charge in [0.25, 0.3) is 5.91 Å². The van der Waals surface area contributed by atoms with Gasteiger partial charge in [-0.25, -0.2) is 0 Å². The van der Waals surface area contributed by atoms with E-state index >= 15 is 0 Å². The topological polar surface area (TPSA) is 84.6 Å². The van der Waals surface area contributed by atoms with Crippen molar-refractivity contribution in [3.63, 3.8) is 0 Å². The number of nitrogens with two attached hydrogens (primary N) is 1. The Morgan fingerprint density at radius 2 is 2.00 bits per heavy atom. The first-order valence-corrected chi connectivity index (χ1v) is 6.38. The number of carbonyl (C=O) groups is 1. The molecule has 0 heterocycles. The molecule has 0 fully saturated rings. The quantitative estimate of drug-likeness (QED) is 0.645. The number of carbonyl (C=O) groups excluding carboxylic acids is 1. The summed E-state index contributed by atoms with van der Waals surface area (Å²) in [5, 5.41) is 12.8. The number of rotatable bonds is 8. The molecular weight excluding hydrogens is 244 g/mol. The molecule has 4 N–H and O–H groups in total. The second-order valence-corrected chi connectivity index (χ2v) is 4.84. The zero-order chi connectivity index (χ0) is 14.3. The molecule has 0 aliphatic heterocycles. The van der Waals surface area contributed by atoms with Crippen LogP contribution in [0.3, 0.4) is 0 Å². The largest absolute Gasteiger partial charge is 0.484 e. The van der Waals surface area contributed by atoms with Crippen molar-refractivity contribution in [1.29, 1.82) is 0 Å². The minimum absolute atomic E-state index is 0.113. The van der Waals surface area contributed by atoms with Gasteiger partial charge in [0, 0.05) is 13.1 Å². The Labute approximate surface area is 113 Å². The Hall–Kier alpha value is -1.59. The van der Waals surface area contributed by atoms with Crippen LogP contribution in [0.4, 0.5) is 0 Å². The molecule has 5 nitrogen and oxygen atoms in total. The Balaban J connectivity index is 2.34. The third-order valence-corrected chi connectivity index (χ3v) is 2.76. The van der Waals surface area contributed by atoms with E-state index in [1.165, 1.54) is 0 Å². The van der Waals surface area contributed by atoms with Gasteiger partial charge in [0.2, 0.25) is 0 Å². The van der Waals surface area contributed by atoms with E-state index < -0.39 is 5.91 Å². The number of ether oxygens (including phenoxy) is 1. The highest BCUT2D eigenvalue weighted by Gasteiger charge is 2.07. The highest BCUT2D eigenvalue weighted by molar-refractivity contribution is 5.75. The molecular formula is C14H22N2O3. The molecule has 0 aromatic heterocycles. The molecule has 1 amide bonds. The van der Waals surface area contributed by atoms with Crippen molar-refractivity contribution in [2.45, 2.75) is 26.5 Å². The molecule has 0 bridgehead atoms. The van der Waals surface area contributed by atoms with Crippen LogP contribution in [0.25, 0.3) is 0 Å². The molecule has 0 spiro atoms. The summed E-state index contributed by atoms with van der Waals surface area (Å²) in [6.07, 6.45) is -0.335. The van der Waals surface area contributed by atoms with Crippen LogP contribution in [-0.2, 0) is 11.3 Å². The molecule has 106 valence electrons. The summed E-state index contributed by atoms with van der Waals surface area (Å²) in [5.41, 5.74) is 6.08. The van der Waals surface area contributed by atoms with Gasteiger partial charge >= 0.3 is 0 Å². The van der Waals surface area contributed by atoms with Crippen LogP contribution in [0, 0.1) is 5.92 Å². The molecule has 0 aliphatic rings. The standard InChI is InChI=1S/C14H22N2O3/c1-10(2)13(17)8-16-7-11-3-5-12(6-4-11)19-9-14(15)18/h3-6,10,13,16-17H,7-9H2,1-2H3,(H2,15,18). The lowest BCUT2D eigenvalue weighted by molar-refractivity contribution is -0.119. The predicted molar refractivity (Wildman–Crippen MR) is 73.7 cm³/mol. The van der Waals surface area contributed by atoms with Gasteiger partial charge in [-0.1, -0.05) is 26.0 Å². The average Bonchev–Trinajstić information content (AvgIpc) is 2.37. The fourth-order valence-corrected chi connectivity index (χ4v) is 1.46. The van der Waals surface area contributed by atoms with Crippen LogP contribution >= 0.6 is 0 Å². The van der Waals surface area contributed by atoms with Crippen LogP contribution in [0.5, 0.6) is 5.75 Å². The fourth-order valence-electron chi connectivity index (χ4n) is 1.46. The van der Waals surface area contributed by atoms with Crippen molar-refractivity contribution in [3.05, 3.63) is 29.8 Å². The third-order valence-electron chi connectivity index (χ3n) is 2.76. The average molecular weight is 266 g/mol. The lowest BCUT2D eigenvalue weighted by Crippen LogP contribution is -2.30. The summed E-state index contributed by atoms with van der Waals surface area (Å²) < 4.78 is 5.16. The minimum Gasteiger partial charge on any atom is -0.484 e. The number of primary amides is 1. The highest BCUT2D eigenvalue weighted by Crippen LogP contribution is 2.12. The van der Waals surface area contributed by atoms with Crippen LogP contribution in [0.1, 0.15) is 19.4 Å². The normalized spacial score (nSPS) is 12.4. The number of hydrogen-bond donors (Lipinski definition) is 3. The van der Waals surface area contributed by atoms with E-state index in [0.717, 1.165) is 5.56 Å². The van der Waals surface area contributed by atoms with Crippen LogP contribution < -0.4 is 15.8 Å². The molecule has 19 heavy (non-hydrogen) atoms. The van der Waals surface area contributed by atoms with Crippen LogP contribution in [-0.4, -0.2) is 30.3 Å². The maximum atomic E-state index is 10.6. The zero-order valence-corrected chi connectivity index (χ0v) is 11.4. The van der Waals surface area contributed by atoms with Crippen LogP contribution in [0.15, 0.2) is 24.3 Å². The van der Waals surface area contributed by atoms with E-state index in [4.69, 9.17) is 10.5 Å². The van der Waals surface area contributed by atoms with Crippen molar-refractivity contribution >= 4 is 5.91 Å². The molecule has 0 saturated carbocycles. The molecule has 1 atom stereocenters. The van der Waals surface area contributed by atoms with E-state index in [1.807, 2.05) is 26.0 Å². The van der Waals surface area contributed by atoms with Crippen molar-refractivity contribution in [2.75, 3.05) is 13.2 Å². The second kappa shape index (κ2) is 7.76. The number of aliphatic hydroxyl groups excluding tert-OH is 1. The molecule has 1 aromatic carbocycles. The van der Waals surface area contributed by atoms with Crippen molar-refractivity contribution in [2.24, 2.45) is 11.7 Å². The molecule has 0 saturated heterocycles. The Morgan fingerprint density at radius 1 is 1.37 bits per heavy atom. The smallest absolute Gasteiger partial charge is 0.255 e. The second-order valence-electron chi connectivity index (χ2n) is 4.84. The number of hydrogen-bond acceptors (Lipinski definition) is 4. The maximum absolute atomic E-state index is 10.6. The summed E-state index contributed by atoms with van der Waals surface area (Å²) in [7, 11) is 0. The lowest BCUT2D eigenvalue weighted by atomic mass is 10.1. The fraction of sp³-hybridized carbons (Fsp3) is 0.500. The summed E-state index contributed by atoms with van der Waals surface area (Å²) in [6, 6.07) is 7.40. The summed E-state index contributed by atoms with van der Waals surface area (Å²) in [6.45, 7) is 5.10. The van der Waals surface area contributed by atoms with E-state index in [0.29, 0.717) is 18.8 Å². The lowest BCUT2D eigenvalue weighted by Gasteiger charge is -2.15. The Kier molecular flexibility index (Phi) is 6.32. The molecule has 1 unspecified atom stereocenters. The first-order valence-electron chi connectivity index (χ1n) is 6.38. The van der Waals surface area contributed by atoms with Gasteiger partial charge in [-0.2, -0.15) is 0 Å². The van der Waals surface area contributed by atoms with E-state index in [1.54, 1.807) is 12.1 Å². The molecule has 0 aliphatic carbocycles. The molecule has 1 rings (SSSR count). The van der Waals surface area contributed by atoms with Gasteiger partial charge < -0.3 is 20.9 Å². The van der Waals surface area contributed by atoms with E-state index in [-0.39, 0.29) is 18.6 Å². The van der Waals surface area contributed by atoms with Gasteiger partial charge in [0.05, 0.1) is 6.10 Å². The van der Waals surface area contributed by atoms with Crippen LogP contribution in [0.2, 0.25) is 0 Å². The van der Waals surface area contributed by atoms with Gasteiger partial charge in [-0.05, 0) is 23.6 Å². The highest BCUT2D eigenvalue weighted by atomic mass is 16.5. The monoisotopic (exact) mass is 266 g/mol. The molecule has 0 radical (unpaired) electrons. The van der Waals surface area contributed by atoms with Gasteiger partial charge in [0.15, 0.2) is 6.61 Å². The van der Waals surface area contributed by atoms with E-state index in [2.05, 4.69) is 5.32 Å². The molecule has 5 heteroatoms. The number of nitrogens with one attached hydrogen (secondary N) is 1. The molecule has 1 aromatic rings. The minimum atomic E-state index is -0.492. The Morgan fingerprint density at radius 3 is 2.53 bits per heavy atom. The first kappa shape index (κ1) is 15.5. The third kappa shape index (κ3) is 6.22. The summed E-state index contributed by atoms with van der Waals surface area (Å²) in [4.78, 5) is 10.6.